The maximum Gasteiger partial charge on any atom is 0.306 e. The Balaban J connectivity index is 1.47. The summed E-state index contributed by atoms with van der Waals surface area (Å²) in [4.78, 5) is 13.5. The third kappa shape index (κ3) is 4.81. The van der Waals surface area contributed by atoms with E-state index in [1.165, 1.54) is 18.4 Å². The molecule has 0 bridgehead atoms. The molecule has 2 N–H and O–H groups in total. The highest BCUT2D eigenvalue weighted by molar-refractivity contribution is 5.70. The Morgan fingerprint density at radius 2 is 1.83 bits per heavy atom. The molecule has 2 aliphatic carbocycles. The van der Waals surface area contributed by atoms with Crippen LogP contribution in [0.4, 0.5) is 0 Å². The Morgan fingerprint density at radius 1 is 1.17 bits per heavy atom. The first-order valence-electron chi connectivity index (χ1n) is 9.34. The molecule has 0 saturated heterocycles. The maximum atomic E-state index is 11.1. The second-order valence-electron chi connectivity index (χ2n) is 7.60. The van der Waals surface area contributed by atoms with Gasteiger partial charge in [-0.15, -0.1) is 0 Å². The quantitative estimate of drug-likeness (QED) is 0.769. The molecule has 0 amide bonds. The smallest absolute Gasteiger partial charge is 0.306 e. The summed E-state index contributed by atoms with van der Waals surface area (Å²) in [5, 5.41) is 12.8. The molecule has 0 aromatic heterocycles. The molecular weight excluding hydrogens is 300 g/mol. The zero-order valence-corrected chi connectivity index (χ0v) is 14.7. The van der Waals surface area contributed by atoms with Gasteiger partial charge in [0.05, 0.1) is 5.92 Å². The lowest BCUT2D eigenvalue weighted by Gasteiger charge is -2.32. The highest BCUT2D eigenvalue weighted by atomic mass is 16.4. The van der Waals surface area contributed by atoms with Gasteiger partial charge < -0.3 is 10.4 Å². The molecule has 4 nitrogen and oxygen atoms in total. The lowest BCUT2D eigenvalue weighted by atomic mass is 9.86. The third-order valence-electron chi connectivity index (χ3n) is 5.70. The predicted octanol–water partition coefficient (Wildman–Crippen LogP) is 3.13. The SMILES string of the molecule is CN(Cc1ccccc1)C(CNC1CCC(C(=O)O)CC1)C1CC1. The fraction of sp³-hybridized carbons (Fsp3) is 0.650. The van der Waals surface area contributed by atoms with Crippen molar-refractivity contribution in [2.75, 3.05) is 13.6 Å². The molecule has 0 spiro atoms. The Morgan fingerprint density at radius 3 is 2.42 bits per heavy atom. The molecule has 1 unspecified atom stereocenters. The molecule has 24 heavy (non-hydrogen) atoms. The Labute approximate surface area is 145 Å². The van der Waals surface area contributed by atoms with Gasteiger partial charge in [-0.1, -0.05) is 30.3 Å². The number of benzene rings is 1. The van der Waals surface area contributed by atoms with Crippen LogP contribution in [-0.4, -0.2) is 41.7 Å². The van der Waals surface area contributed by atoms with Crippen LogP contribution >= 0.6 is 0 Å². The van der Waals surface area contributed by atoms with Crippen LogP contribution in [0, 0.1) is 11.8 Å². The number of aliphatic carboxylic acids is 1. The summed E-state index contributed by atoms with van der Waals surface area (Å²) in [6, 6.07) is 11.7. The van der Waals surface area contributed by atoms with Crippen molar-refractivity contribution in [1.82, 2.24) is 10.2 Å². The molecule has 2 saturated carbocycles. The van der Waals surface area contributed by atoms with Gasteiger partial charge in [-0.2, -0.15) is 0 Å². The summed E-state index contributed by atoms with van der Waals surface area (Å²) in [6.07, 6.45) is 6.32. The zero-order valence-electron chi connectivity index (χ0n) is 14.7. The number of hydrogen-bond donors (Lipinski definition) is 2. The van der Waals surface area contributed by atoms with Crippen molar-refractivity contribution < 1.29 is 9.90 Å². The summed E-state index contributed by atoms with van der Waals surface area (Å²) in [5.74, 6) is 0.0801. The molecule has 0 aliphatic heterocycles. The number of likely N-dealkylation sites (N-methyl/N-ethyl adjacent to an activating group) is 1. The number of rotatable bonds is 8. The minimum absolute atomic E-state index is 0.122. The normalized spacial score (nSPS) is 25.6. The van der Waals surface area contributed by atoms with Crippen molar-refractivity contribution in [1.29, 1.82) is 0 Å². The van der Waals surface area contributed by atoms with Crippen LogP contribution in [0.5, 0.6) is 0 Å². The first kappa shape index (κ1) is 17.4. The van der Waals surface area contributed by atoms with Crippen LogP contribution in [-0.2, 0) is 11.3 Å². The Hall–Kier alpha value is -1.39. The number of carbonyl (C=O) groups is 1. The summed E-state index contributed by atoms with van der Waals surface area (Å²) in [7, 11) is 2.24. The van der Waals surface area contributed by atoms with Crippen molar-refractivity contribution in [3.63, 3.8) is 0 Å². The maximum absolute atomic E-state index is 11.1. The zero-order chi connectivity index (χ0) is 16.9. The van der Waals surface area contributed by atoms with E-state index in [1.54, 1.807) is 0 Å². The minimum Gasteiger partial charge on any atom is -0.481 e. The number of hydrogen-bond acceptors (Lipinski definition) is 3. The molecule has 1 aromatic carbocycles. The van der Waals surface area contributed by atoms with E-state index in [9.17, 15) is 4.79 Å². The van der Waals surface area contributed by atoms with Crippen LogP contribution in [0.2, 0.25) is 0 Å². The molecule has 1 aromatic rings. The average molecular weight is 330 g/mol. The third-order valence-corrected chi connectivity index (χ3v) is 5.70. The van der Waals surface area contributed by atoms with Gasteiger partial charge in [0, 0.05) is 25.2 Å². The lowest BCUT2D eigenvalue weighted by molar-refractivity contribution is -0.142. The molecule has 3 rings (SSSR count). The highest BCUT2D eigenvalue weighted by Gasteiger charge is 2.34. The summed E-state index contributed by atoms with van der Waals surface area (Å²) in [6.45, 7) is 2.02. The summed E-state index contributed by atoms with van der Waals surface area (Å²) < 4.78 is 0. The molecule has 4 heteroatoms. The highest BCUT2D eigenvalue weighted by Crippen LogP contribution is 2.35. The molecule has 0 radical (unpaired) electrons. The van der Waals surface area contributed by atoms with Crippen molar-refractivity contribution in [3.8, 4) is 0 Å². The predicted molar refractivity (Wildman–Crippen MR) is 95.8 cm³/mol. The van der Waals surface area contributed by atoms with Gasteiger partial charge in [0.1, 0.15) is 0 Å². The molecule has 2 aliphatic rings. The summed E-state index contributed by atoms with van der Waals surface area (Å²) in [5.41, 5.74) is 1.37. The van der Waals surface area contributed by atoms with Crippen molar-refractivity contribution in [2.24, 2.45) is 11.8 Å². The Bertz CT molecular complexity index is 522. The van der Waals surface area contributed by atoms with E-state index in [0.29, 0.717) is 12.1 Å². The van der Waals surface area contributed by atoms with Gasteiger partial charge in [-0.25, -0.2) is 0 Å². The van der Waals surface area contributed by atoms with Crippen LogP contribution in [0.25, 0.3) is 0 Å². The molecule has 132 valence electrons. The fourth-order valence-corrected chi connectivity index (χ4v) is 3.98. The van der Waals surface area contributed by atoms with Gasteiger partial charge in [-0.3, -0.25) is 9.69 Å². The van der Waals surface area contributed by atoms with Gasteiger partial charge >= 0.3 is 5.97 Å². The van der Waals surface area contributed by atoms with E-state index < -0.39 is 5.97 Å². The minimum atomic E-state index is -0.619. The van der Waals surface area contributed by atoms with Crippen LogP contribution in [0.3, 0.4) is 0 Å². The van der Waals surface area contributed by atoms with Gasteiger partial charge in [0.2, 0.25) is 0 Å². The molecular formula is C20H30N2O2. The second-order valence-corrected chi connectivity index (χ2v) is 7.60. The Kier molecular flexibility index (Phi) is 5.90. The number of carboxylic acid groups (broad SMARTS) is 1. The second kappa shape index (κ2) is 8.13. The van der Waals surface area contributed by atoms with E-state index in [-0.39, 0.29) is 5.92 Å². The van der Waals surface area contributed by atoms with Crippen molar-refractivity contribution in [2.45, 2.75) is 57.2 Å². The van der Waals surface area contributed by atoms with E-state index in [2.05, 4.69) is 47.6 Å². The molecule has 0 heterocycles. The van der Waals surface area contributed by atoms with Gasteiger partial charge in [0.15, 0.2) is 0 Å². The van der Waals surface area contributed by atoms with E-state index in [1.807, 2.05) is 0 Å². The lowest BCUT2D eigenvalue weighted by Crippen LogP contribution is -2.45. The molecule has 2 fully saturated rings. The monoisotopic (exact) mass is 330 g/mol. The first-order chi connectivity index (χ1) is 11.6. The average Bonchev–Trinajstić information content (AvgIpc) is 3.41. The fourth-order valence-electron chi connectivity index (χ4n) is 3.98. The van der Waals surface area contributed by atoms with Crippen LogP contribution < -0.4 is 5.32 Å². The number of carboxylic acids is 1. The van der Waals surface area contributed by atoms with Gasteiger partial charge in [0.25, 0.3) is 0 Å². The number of nitrogens with one attached hydrogen (secondary N) is 1. The van der Waals surface area contributed by atoms with Crippen molar-refractivity contribution in [3.05, 3.63) is 35.9 Å². The van der Waals surface area contributed by atoms with E-state index in [4.69, 9.17) is 5.11 Å². The van der Waals surface area contributed by atoms with Gasteiger partial charge in [-0.05, 0) is 57.1 Å². The van der Waals surface area contributed by atoms with Crippen LogP contribution in [0.1, 0.15) is 44.1 Å². The van der Waals surface area contributed by atoms with Crippen LogP contribution in [0.15, 0.2) is 30.3 Å². The van der Waals surface area contributed by atoms with E-state index in [0.717, 1.165) is 44.7 Å². The summed E-state index contributed by atoms with van der Waals surface area (Å²) >= 11 is 0. The first-order valence-corrected chi connectivity index (χ1v) is 9.34. The van der Waals surface area contributed by atoms with Crippen molar-refractivity contribution >= 4 is 5.97 Å². The molecule has 1 atom stereocenters. The van der Waals surface area contributed by atoms with E-state index >= 15 is 0 Å². The largest absolute Gasteiger partial charge is 0.481 e. The standard InChI is InChI=1S/C20H30N2O2/c1-22(14-15-5-3-2-4-6-15)19(16-7-8-16)13-21-18-11-9-17(10-12-18)20(23)24/h2-6,16-19,21H,7-14H2,1H3,(H,23,24). The topological polar surface area (TPSA) is 52.6 Å². The number of nitrogens with zero attached hydrogens (tertiary/aromatic N) is 1.